The van der Waals surface area contributed by atoms with Gasteiger partial charge in [-0.3, -0.25) is 4.79 Å². The lowest BCUT2D eigenvalue weighted by Crippen LogP contribution is -2.65. The number of amides is 1. The number of nitrogens with one attached hydrogen (secondary N) is 1. The highest BCUT2D eigenvalue weighted by atomic mass is 32.2. The Balaban J connectivity index is 2.28. The van der Waals surface area contributed by atoms with Gasteiger partial charge in [-0.1, -0.05) is 29.8 Å². The molecule has 1 saturated carbocycles. The molecule has 0 saturated heterocycles. The lowest BCUT2D eigenvalue weighted by molar-refractivity contribution is -0.127. The van der Waals surface area contributed by atoms with Gasteiger partial charge in [0, 0.05) is 12.2 Å². The Kier molecular flexibility index (Phi) is 3.69. The van der Waals surface area contributed by atoms with Crippen molar-refractivity contribution >= 4 is 17.7 Å². The fraction of sp³-hybridized carbons (Fsp3) is 0.500. The van der Waals surface area contributed by atoms with Crippen molar-refractivity contribution in [3.8, 4) is 0 Å². The first-order valence-electron chi connectivity index (χ1n) is 6.08. The third-order valence-electron chi connectivity index (χ3n) is 3.65. The van der Waals surface area contributed by atoms with Gasteiger partial charge in [-0.05, 0) is 25.2 Å². The summed E-state index contributed by atoms with van der Waals surface area (Å²) in [5.74, 6) is -0.0925. The Morgan fingerprint density at radius 2 is 2.06 bits per heavy atom. The summed E-state index contributed by atoms with van der Waals surface area (Å²) in [6.07, 6.45) is 2.80. The van der Waals surface area contributed by atoms with Gasteiger partial charge in [-0.2, -0.15) is 11.8 Å². The van der Waals surface area contributed by atoms with Gasteiger partial charge in [0.05, 0.1) is 6.04 Å². The Morgan fingerprint density at radius 3 is 2.56 bits per heavy atom. The van der Waals surface area contributed by atoms with Gasteiger partial charge in [0.2, 0.25) is 5.91 Å². The van der Waals surface area contributed by atoms with Crippen molar-refractivity contribution in [2.75, 3.05) is 6.26 Å². The van der Waals surface area contributed by atoms with Crippen LogP contribution in [0.2, 0.25) is 0 Å². The smallest absolute Gasteiger partial charge is 0.217 e. The van der Waals surface area contributed by atoms with E-state index in [0.29, 0.717) is 0 Å². The van der Waals surface area contributed by atoms with Crippen LogP contribution in [0.3, 0.4) is 0 Å². The van der Waals surface area contributed by atoms with Crippen LogP contribution in [0.5, 0.6) is 0 Å². The minimum atomic E-state index is -0.946. The maximum absolute atomic E-state index is 11.2. The molecular weight excluding hydrogens is 246 g/mol. The largest absolute Gasteiger partial charge is 0.382 e. The highest BCUT2D eigenvalue weighted by Crippen LogP contribution is 2.47. The molecule has 0 radical (unpaired) electrons. The van der Waals surface area contributed by atoms with E-state index in [1.807, 2.05) is 37.4 Å². The summed E-state index contributed by atoms with van der Waals surface area (Å²) in [5, 5.41) is 13.9. The molecule has 1 aliphatic carbocycles. The minimum absolute atomic E-state index is 0.0925. The zero-order chi connectivity index (χ0) is 13.3. The maximum atomic E-state index is 11.2. The molecule has 0 aliphatic heterocycles. The van der Waals surface area contributed by atoms with E-state index in [-0.39, 0.29) is 17.2 Å². The van der Waals surface area contributed by atoms with Crippen LogP contribution in [-0.2, 0) is 10.4 Å². The molecule has 18 heavy (non-hydrogen) atoms. The van der Waals surface area contributed by atoms with Gasteiger partial charge in [0.1, 0.15) is 5.60 Å². The quantitative estimate of drug-likeness (QED) is 0.876. The van der Waals surface area contributed by atoms with Crippen molar-refractivity contribution in [2.45, 2.75) is 37.2 Å². The van der Waals surface area contributed by atoms with E-state index in [2.05, 4.69) is 5.32 Å². The maximum Gasteiger partial charge on any atom is 0.217 e. The monoisotopic (exact) mass is 265 g/mol. The number of hydrogen-bond donors (Lipinski definition) is 2. The molecule has 1 aromatic carbocycles. The molecule has 2 rings (SSSR count). The molecule has 2 N–H and O–H groups in total. The Morgan fingerprint density at radius 1 is 1.44 bits per heavy atom. The van der Waals surface area contributed by atoms with Crippen LogP contribution in [0.25, 0.3) is 0 Å². The minimum Gasteiger partial charge on any atom is -0.382 e. The normalized spacial score (nSPS) is 30.7. The van der Waals surface area contributed by atoms with Gasteiger partial charge < -0.3 is 10.4 Å². The summed E-state index contributed by atoms with van der Waals surface area (Å²) in [6, 6.07) is 7.70. The number of aliphatic hydroxyl groups is 1. The molecule has 4 heteroatoms. The SMILES string of the molecule is CSC1CC(NC(C)=O)C1(O)c1ccc(C)cc1. The molecule has 1 aromatic rings. The molecule has 0 heterocycles. The molecule has 3 nitrogen and oxygen atoms in total. The second-order valence-electron chi connectivity index (χ2n) is 4.90. The molecular formula is C14H19NO2S. The first-order chi connectivity index (χ1) is 8.48. The van der Waals surface area contributed by atoms with Gasteiger partial charge in [-0.15, -0.1) is 0 Å². The first kappa shape index (κ1) is 13.4. The van der Waals surface area contributed by atoms with Crippen molar-refractivity contribution in [3.63, 3.8) is 0 Å². The lowest BCUT2D eigenvalue weighted by atomic mass is 9.69. The fourth-order valence-electron chi connectivity index (χ4n) is 2.54. The Labute approximate surface area is 112 Å². The van der Waals surface area contributed by atoms with Crippen LogP contribution in [0.1, 0.15) is 24.5 Å². The van der Waals surface area contributed by atoms with Crippen LogP contribution >= 0.6 is 11.8 Å². The fourth-order valence-corrected chi connectivity index (χ4v) is 3.58. The average molecular weight is 265 g/mol. The van der Waals surface area contributed by atoms with Crippen molar-refractivity contribution in [1.29, 1.82) is 0 Å². The van der Waals surface area contributed by atoms with Crippen molar-refractivity contribution in [1.82, 2.24) is 5.32 Å². The molecule has 1 aliphatic rings. The number of benzene rings is 1. The van der Waals surface area contributed by atoms with Crippen LogP contribution in [0, 0.1) is 6.92 Å². The van der Waals surface area contributed by atoms with Crippen LogP contribution in [0.15, 0.2) is 24.3 Å². The molecule has 3 unspecified atom stereocenters. The topological polar surface area (TPSA) is 49.3 Å². The summed E-state index contributed by atoms with van der Waals surface area (Å²) in [7, 11) is 0. The zero-order valence-corrected chi connectivity index (χ0v) is 11.8. The first-order valence-corrected chi connectivity index (χ1v) is 7.36. The molecule has 1 fully saturated rings. The average Bonchev–Trinajstić information content (AvgIpc) is 2.33. The molecule has 98 valence electrons. The predicted molar refractivity (Wildman–Crippen MR) is 74.6 cm³/mol. The van der Waals surface area contributed by atoms with Crippen molar-refractivity contribution in [2.24, 2.45) is 0 Å². The van der Waals surface area contributed by atoms with Crippen LogP contribution in [0.4, 0.5) is 0 Å². The molecule has 0 spiro atoms. The number of hydrogen-bond acceptors (Lipinski definition) is 3. The summed E-state index contributed by atoms with van der Waals surface area (Å²) >= 11 is 1.65. The van der Waals surface area contributed by atoms with E-state index >= 15 is 0 Å². The van der Waals surface area contributed by atoms with E-state index in [4.69, 9.17) is 0 Å². The highest BCUT2D eigenvalue weighted by molar-refractivity contribution is 7.99. The van der Waals surface area contributed by atoms with Gasteiger partial charge >= 0.3 is 0 Å². The number of thioether (sulfide) groups is 1. The zero-order valence-electron chi connectivity index (χ0n) is 10.9. The molecule has 1 amide bonds. The van der Waals surface area contributed by atoms with E-state index in [0.717, 1.165) is 12.0 Å². The predicted octanol–water partition coefficient (Wildman–Crippen LogP) is 1.82. The van der Waals surface area contributed by atoms with Crippen molar-refractivity contribution < 1.29 is 9.90 Å². The van der Waals surface area contributed by atoms with E-state index in [1.54, 1.807) is 11.8 Å². The second-order valence-corrected chi connectivity index (χ2v) is 5.94. The number of rotatable bonds is 3. The van der Waals surface area contributed by atoms with Crippen molar-refractivity contribution in [3.05, 3.63) is 35.4 Å². The van der Waals surface area contributed by atoms with Gasteiger partial charge in [-0.25, -0.2) is 0 Å². The number of carbonyl (C=O) groups is 1. The number of aryl methyl sites for hydroxylation is 1. The molecule has 0 bridgehead atoms. The molecule has 3 atom stereocenters. The van der Waals surface area contributed by atoms with Gasteiger partial charge in [0.25, 0.3) is 0 Å². The summed E-state index contributed by atoms with van der Waals surface area (Å²) in [4.78, 5) is 11.2. The van der Waals surface area contributed by atoms with E-state index in [9.17, 15) is 9.90 Å². The van der Waals surface area contributed by atoms with Crippen LogP contribution < -0.4 is 5.32 Å². The summed E-state index contributed by atoms with van der Waals surface area (Å²) < 4.78 is 0. The lowest BCUT2D eigenvalue weighted by Gasteiger charge is -2.52. The van der Waals surface area contributed by atoms with E-state index in [1.165, 1.54) is 12.5 Å². The second kappa shape index (κ2) is 4.94. The summed E-state index contributed by atoms with van der Waals surface area (Å²) in [6.45, 7) is 3.51. The highest BCUT2D eigenvalue weighted by Gasteiger charge is 2.55. The Bertz CT molecular complexity index is 446. The van der Waals surface area contributed by atoms with Crippen LogP contribution in [-0.4, -0.2) is 28.6 Å². The standard InChI is InChI=1S/C14H19NO2S/c1-9-4-6-11(7-5-9)14(17)12(15-10(2)16)8-13(14)18-3/h4-7,12-13,17H,8H2,1-3H3,(H,15,16). The third kappa shape index (κ3) is 2.15. The molecule has 0 aromatic heterocycles. The third-order valence-corrected chi connectivity index (χ3v) is 4.77. The summed E-state index contributed by atoms with van der Waals surface area (Å²) in [5.41, 5.74) is 1.11. The number of carbonyl (C=O) groups excluding carboxylic acids is 1. The van der Waals surface area contributed by atoms with Gasteiger partial charge in [0.15, 0.2) is 0 Å². The van der Waals surface area contributed by atoms with E-state index < -0.39 is 5.60 Å². The Hall–Kier alpha value is -1.00.